The van der Waals surface area contributed by atoms with Crippen LogP contribution in [0.15, 0.2) is 12.2 Å². The molecule has 54 heavy (non-hydrogen) atoms. The molecule has 11 unspecified atom stereocenters. The fraction of sp³-hybridized carbons (Fsp3) is 0.925. The van der Waals surface area contributed by atoms with E-state index in [1.807, 2.05) is 0 Å². The van der Waals surface area contributed by atoms with Crippen molar-refractivity contribution in [3.63, 3.8) is 0 Å². The molecule has 2 aliphatic rings. The SMILES string of the molecule is CCCC/C=C\CCCCCCCC(=O)OC(COCCCCCCCCCCC)COC1OC(COC2OC(CO)C(O)C(O)C2O)C(O)C(O)C1O. The van der Waals surface area contributed by atoms with Gasteiger partial charge in [0.1, 0.15) is 54.9 Å². The number of ether oxygens (including phenoxy) is 6. The van der Waals surface area contributed by atoms with E-state index in [0.717, 1.165) is 57.8 Å². The van der Waals surface area contributed by atoms with Gasteiger partial charge in [-0.1, -0.05) is 109 Å². The molecule has 2 aliphatic heterocycles. The quantitative estimate of drug-likeness (QED) is 0.0305. The van der Waals surface area contributed by atoms with E-state index < -0.39 is 80.7 Å². The molecular formula is C40H74O14. The Labute approximate surface area is 323 Å². The molecule has 0 radical (unpaired) electrons. The minimum atomic E-state index is -1.70. The fourth-order valence-corrected chi connectivity index (χ4v) is 6.50. The van der Waals surface area contributed by atoms with Crippen LogP contribution in [0.5, 0.6) is 0 Å². The number of aliphatic hydroxyl groups excluding tert-OH is 7. The summed E-state index contributed by atoms with van der Waals surface area (Å²) < 4.78 is 34.0. The Morgan fingerprint density at radius 1 is 0.593 bits per heavy atom. The number of carbonyl (C=O) groups excluding carboxylic acids is 1. The molecule has 0 bridgehead atoms. The minimum Gasteiger partial charge on any atom is -0.457 e. The van der Waals surface area contributed by atoms with E-state index >= 15 is 0 Å². The topological polar surface area (TPSA) is 214 Å². The van der Waals surface area contributed by atoms with Gasteiger partial charge in [0.15, 0.2) is 12.6 Å². The number of unbranched alkanes of at least 4 members (excludes halogenated alkanes) is 15. The van der Waals surface area contributed by atoms with Crippen LogP contribution in [0.1, 0.15) is 136 Å². The summed E-state index contributed by atoms with van der Waals surface area (Å²) in [5.74, 6) is -0.388. The van der Waals surface area contributed by atoms with E-state index in [0.29, 0.717) is 13.0 Å². The molecule has 0 saturated carbocycles. The van der Waals surface area contributed by atoms with Crippen LogP contribution in [0.4, 0.5) is 0 Å². The molecule has 2 heterocycles. The highest BCUT2D eigenvalue weighted by molar-refractivity contribution is 5.69. The molecule has 0 amide bonds. The molecule has 2 fully saturated rings. The lowest BCUT2D eigenvalue weighted by atomic mass is 9.98. The molecular weight excluding hydrogens is 704 g/mol. The Kier molecular flexibility index (Phi) is 27.1. The first-order valence-electron chi connectivity index (χ1n) is 20.8. The molecule has 2 rings (SSSR count). The van der Waals surface area contributed by atoms with Gasteiger partial charge in [0, 0.05) is 13.0 Å². The van der Waals surface area contributed by atoms with Crippen molar-refractivity contribution in [1.82, 2.24) is 0 Å². The zero-order valence-corrected chi connectivity index (χ0v) is 33.0. The summed E-state index contributed by atoms with van der Waals surface area (Å²) in [5, 5.41) is 71.6. The van der Waals surface area contributed by atoms with E-state index in [4.69, 9.17) is 28.4 Å². The smallest absolute Gasteiger partial charge is 0.306 e. The standard InChI is InChI=1S/C40H74O14/c1-3-5-7-9-11-13-14-15-17-19-21-23-32(42)52-29(26-49-24-22-20-18-16-12-10-8-6-4-2)27-50-39-38(48)36(46)34(44)31(54-39)28-51-40-37(47)35(45)33(43)30(25-41)53-40/h9,11,29-31,33-41,43-48H,3-8,10,12-28H2,1-2H3/b11-9-. The van der Waals surface area contributed by atoms with Crippen LogP contribution < -0.4 is 0 Å². The van der Waals surface area contributed by atoms with Crippen molar-refractivity contribution in [2.75, 3.05) is 33.0 Å². The average molecular weight is 779 g/mol. The second kappa shape index (κ2) is 29.9. The molecule has 11 atom stereocenters. The van der Waals surface area contributed by atoms with Crippen molar-refractivity contribution in [2.24, 2.45) is 0 Å². The van der Waals surface area contributed by atoms with Gasteiger partial charge in [-0.25, -0.2) is 0 Å². The van der Waals surface area contributed by atoms with Gasteiger partial charge in [0.05, 0.1) is 26.4 Å². The van der Waals surface area contributed by atoms with Gasteiger partial charge in [0.2, 0.25) is 0 Å². The summed E-state index contributed by atoms with van der Waals surface area (Å²) in [7, 11) is 0. The molecule has 14 nitrogen and oxygen atoms in total. The van der Waals surface area contributed by atoms with Crippen molar-refractivity contribution in [2.45, 2.75) is 203 Å². The van der Waals surface area contributed by atoms with Crippen molar-refractivity contribution < 1.29 is 69.0 Å². The van der Waals surface area contributed by atoms with Crippen LogP contribution >= 0.6 is 0 Å². The van der Waals surface area contributed by atoms with Crippen molar-refractivity contribution in [1.29, 1.82) is 0 Å². The number of rotatable bonds is 31. The fourth-order valence-electron chi connectivity index (χ4n) is 6.50. The monoisotopic (exact) mass is 779 g/mol. The highest BCUT2D eigenvalue weighted by Crippen LogP contribution is 2.26. The second-order valence-electron chi connectivity index (χ2n) is 14.8. The molecule has 2 saturated heterocycles. The van der Waals surface area contributed by atoms with Gasteiger partial charge in [-0.2, -0.15) is 0 Å². The maximum Gasteiger partial charge on any atom is 0.306 e. The lowest BCUT2D eigenvalue weighted by Crippen LogP contribution is -2.61. The van der Waals surface area contributed by atoms with Gasteiger partial charge >= 0.3 is 5.97 Å². The average Bonchev–Trinajstić information content (AvgIpc) is 3.16. The Hall–Kier alpha value is -1.27. The summed E-state index contributed by atoms with van der Waals surface area (Å²) in [6, 6.07) is 0. The molecule has 0 aliphatic carbocycles. The predicted octanol–water partition coefficient (Wildman–Crippen LogP) is 3.56. The highest BCUT2D eigenvalue weighted by Gasteiger charge is 2.47. The van der Waals surface area contributed by atoms with E-state index in [-0.39, 0.29) is 25.6 Å². The Bertz CT molecular complexity index is 954. The number of hydrogen-bond donors (Lipinski definition) is 7. The largest absolute Gasteiger partial charge is 0.457 e. The van der Waals surface area contributed by atoms with Gasteiger partial charge < -0.3 is 64.2 Å². The summed E-state index contributed by atoms with van der Waals surface area (Å²) in [5.41, 5.74) is 0. The first-order chi connectivity index (χ1) is 26.1. The maximum atomic E-state index is 12.8. The number of aliphatic hydroxyl groups is 7. The van der Waals surface area contributed by atoms with Crippen LogP contribution in [-0.4, -0.2) is 142 Å². The predicted molar refractivity (Wildman–Crippen MR) is 201 cm³/mol. The van der Waals surface area contributed by atoms with Gasteiger partial charge in [0.25, 0.3) is 0 Å². The molecule has 14 heteroatoms. The van der Waals surface area contributed by atoms with Crippen LogP contribution in [0.3, 0.4) is 0 Å². The molecule has 7 N–H and O–H groups in total. The van der Waals surface area contributed by atoms with Gasteiger partial charge in [-0.15, -0.1) is 0 Å². The Morgan fingerprint density at radius 2 is 1.11 bits per heavy atom. The van der Waals surface area contributed by atoms with Crippen LogP contribution in [-0.2, 0) is 33.2 Å². The number of esters is 1. The normalized spacial score (nSPS) is 29.5. The lowest BCUT2D eigenvalue weighted by Gasteiger charge is -2.42. The zero-order chi connectivity index (χ0) is 39.6. The minimum absolute atomic E-state index is 0.0617. The first kappa shape index (κ1) is 48.9. The van der Waals surface area contributed by atoms with E-state index in [2.05, 4.69) is 26.0 Å². The molecule has 0 aromatic heterocycles. The Morgan fingerprint density at radius 3 is 1.74 bits per heavy atom. The van der Waals surface area contributed by atoms with Crippen molar-refractivity contribution in [3.8, 4) is 0 Å². The summed E-state index contributed by atoms with van der Waals surface area (Å²) in [4.78, 5) is 12.8. The molecule has 0 spiro atoms. The molecule has 0 aromatic carbocycles. The van der Waals surface area contributed by atoms with Gasteiger partial charge in [-0.3, -0.25) is 4.79 Å². The third kappa shape index (κ3) is 19.3. The summed E-state index contributed by atoms with van der Waals surface area (Å²) in [6.07, 6.45) is 8.71. The van der Waals surface area contributed by atoms with Crippen molar-refractivity contribution in [3.05, 3.63) is 12.2 Å². The number of carbonyl (C=O) groups is 1. The summed E-state index contributed by atoms with van der Waals surface area (Å²) in [6.45, 7) is 3.59. The zero-order valence-electron chi connectivity index (χ0n) is 33.0. The third-order valence-corrected chi connectivity index (χ3v) is 10.0. The van der Waals surface area contributed by atoms with Gasteiger partial charge in [-0.05, 0) is 32.1 Å². The van der Waals surface area contributed by atoms with Crippen molar-refractivity contribution >= 4 is 5.97 Å². The van der Waals surface area contributed by atoms with E-state index in [1.54, 1.807) is 0 Å². The van der Waals surface area contributed by atoms with Crippen LogP contribution in [0.2, 0.25) is 0 Å². The van der Waals surface area contributed by atoms with E-state index in [1.165, 1.54) is 51.4 Å². The van der Waals surface area contributed by atoms with Crippen LogP contribution in [0, 0.1) is 0 Å². The summed E-state index contributed by atoms with van der Waals surface area (Å²) >= 11 is 0. The molecule has 318 valence electrons. The number of allylic oxidation sites excluding steroid dienone is 2. The third-order valence-electron chi connectivity index (χ3n) is 10.0. The van der Waals surface area contributed by atoms with E-state index in [9.17, 15) is 40.5 Å². The number of hydrogen-bond acceptors (Lipinski definition) is 14. The highest BCUT2D eigenvalue weighted by atomic mass is 16.7. The second-order valence-corrected chi connectivity index (χ2v) is 14.8. The maximum absolute atomic E-state index is 12.8. The molecule has 0 aromatic rings. The first-order valence-corrected chi connectivity index (χ1v) is 20.8. The van der Waals surface area contributed by atoms with Crippen LogP contribution in [0.25, 0.3) is 0 Å². The Balaban J connectivity index is 1.86. The lowest BCUT2D eigenvalue weighted by molar-refractivity contribution is -0.332.